The third-order valence-electron chi connectivity index (χ3n) is 4.04. The van der Waals surface area contributed by atoms with E-state index in [4.69, 9.17) is 9.26 Å². The highest BCUT2D eigenvalue weighted by Gasteiger charge is 2.27. The minimum atomic E-state index is -0.121. The standard InChI is InChI=1S/C17H20N2O3/c1-21-12-15-10-16(18-22-15)17(20)19(11-13-6-5-7-13)14-8-3-2-4-9-14/h2-4,8-10,13H,5-7,11-12H2,1H3. The minimum absolute atomic E-state index is 0.121. The second-order valence-corrected chi connectivity index (χ2v) is 5.66. The van der Waals surface area contributed by atoms with Crippen molar-refractivity contribution in [1.29, 1.82) is 0 Å². The molecule has 0 unspecified atom stereocenters. The van der Waals surface area contributed by atoms with Crippen LogP contribution >= 0.6 is 0 Å². The number of amides is 1. The predicted molar refractivity (Wildman–Crippen MR) is 82.7 cm³/mol. The maximum Gasteiger partial charge on any atom is 0.280 e. The molecule has 22 heavy (non-hydrogen) atoms. The molecule has 1 aromatic heterocycles. The van der Waals surface area contributed by atoms with Gasteiger partial charge in [-0.2, -0.15) is 0 Å². The number of para-hydroxylation sites is 1. The van der Waals surface area contributed by atoms with E-state index in [9.17, 15) is 4.79 Å². The molecule has 3 rings (SSSR count). The molecule has 2 aromatic rings. The van der Waals surface area contributed by atoms with E-state index in [2.05, 4.69) is 5.16 Å². The second kappa shape index (κ2) is 6.75. The molecule has 0 bridgehead atoms. The molecule has 0 aliphatic heterocycles. The summed E-state index contributed by atoms with van der Waals surface area (Å²) in [6.45, 7) is 1.05. The lowest BCUT2D eigenvalue weighted by atomic mass is 9.85. The van der Waals surface area contributed by atoms with Crippen molar-refractivity contribution >= 4 is 11.6 Å². The molecule has 1 fully saturated rings. The number of ether oxygens (including phenoxy) is 1. The van der Waals surface area contributed by atoms with Crippen molar-refractivity contribution in [3.63, 3.8) is 0 Å². The van der Waals surface area contributed by atoms with E-state index >= 15 is 0 Å². The van der Waals surface area contributed by atoms with E-state index in [0.29, 0.717) is 24.0 Å². The fourth-order valence-corrected chi connectivity index (χ4v) is 2.61. The molecular formula is C17H20N2O3. The largest absolute Gasteiger partial charge is 0.377 e. The molecule has 1 aliphatic carbocycles. The molecule has 1 heterocycles. The van der Waals surface area contributed by atoms with Gasteiger partial charge in [-0.05, 0) is 30.9 Å². The summed E-state index contributed by atoms with van der Waals surface area (Å²) >= 11 is 0. The van der Waals surface area contributed by atoms with Crippen LogP contribution < -0.4 is 4.90 Å². The predicted octanol–water partition coefficient (Wildman–Crippen LogP) is 3.27. The van der Waals surface area contributed by atoms with Gasteiger partial charge in [0.05, 0.1) is 0 Å². The number of rotatable bonds is 6. The summed E-state index contributed by atoms with van der Waals surface area (Å²) in [4.78, 5) is 14.6. The molecule has 1 aliphatic rings. The Bertz CT molecular complexity index is 620. The van der Waals surface area contributed by atoms with Crippen molar-refractivity contribution in [3.05, 3.63) is 47.9 Å². The smallest absolute Gasteiger partial charge is 0.280 e. The van der Waals surface area contributed by atoms with E-state index in [1.165, 1.54) is 19.3 Å². The van der Waals surface area contributed by atoms with Crippen molar-refractivity contribution in [3.8, 4) is 0 Å². The van der Waals surface area contributed by atoms with Gasteiger partial charge in [-0.1, -0.05) is 29.8 Å². The van der Waals surface area contributed by atoms with Gasteiger partial charge in [-0.15, -0.1) is 0 Å². The number of aromatic nitrogens is 1. The van der Waals surface area contributed by atoms with E-state index in [1.807, 2.05) is 30.3 Å². The van der Waals surface area contributed by atoms with Crippen molar-refractivity contribution < 1.29 is 14.1 Å². The van der Waals surface area contributed by atoms with E-state index in [0.717, 1.165) is 12.2 Å². The lowest BCUT2D eigenvalue weighted by Gasteiger charge is -2.32. The van der Waals surface area contributed by atoms with Gasteiger partial charge in [0, 0.05) is 25.4 Å². The van der Waals surface area contributed by atoms with Crippen molar-refractivity contribution in [2.75, 3.05) is 18.6 Å². The highest BCUT2D eigenvalue weighted by atomic mass is 16.5. The van der Waals surface area contributed by atoms with Crippen LogP contribution in [0.1, 0.15) is 35.5 Å². The number of nitrogens with zero attached hydrogens (tertiary/aromatic N) is 2. The normalized spacial score (nSPS) is 14.6. The number of hydrogen-bond donors (Lipinski definition) is 0. The molecule has 5 nitrogen and oxygen atoms in total. The van der Waals surface area contributed by atoms with Gasteiger partial charge in [-0.3, -0.25) is 4.79 Å². The number of hydrogen-bond acceptors (Lipinski definition) is 4. The van der Waals surface area contributed by atoms with Crippen LogP contribution in [0.5, 0.6) is 0 Å². The fourth-order valence-electron chi connectivity index (χ4n) is 2.61. The molecule has 0 atom stereocenters. The highest BCUT2D eigenvalue weighted by molar-refractivity contribution is 6.04. The Morgan fingerprint density at radius 3 is 2.77 bits per heavy atom. The molecular weight excluding hydrogens is 280 g/mol. The molecule has 0 spiro atoms. The number of carbonyl (C=O) groups excluding carboxylic acids is 1. The number of methoxy groups -OCH3 is 1. The SMILES string of the molecule is COCc1cc(C(=O)N(CC2CCC2)c2ccccc2)no1. The summed E-state index contributed by atoms with van der Waals surface area (Å²) in [7, 11) is 1.58. The third kappa shape index (κ3) is 3.20. The van der Waals surface area contributed by atoms with E-state index in [1.54, 1.807) is 18.1 Å². The van der Waals surface area contributed by atoms with Gasteiger partial charge >= 0.3 is 0 Å². The van der Waals surface area contributed by atoms with Gasteiger partial charge in [0.15, 0.2) is 11.5 Å². The Kier molecular flexibility index (Phi) is 4.53. The lowest BCUT2D eigenvalue weighted by molar-refractivity contribution is 0.0968. The van der Waals surface area contributed by atoms with E-state index in [-0.39, 0.29) is 5.91 Å². The highest BCUT2D eigenvalue weighted by Crippen LogP contribution is 2.29. The molecule has 1 aromatic carbocycles. The number of benzene rings is 1. The molecule has 0 N–H and O–H groups in total. The Labute approximate surface area is 129 Å². The summed E-state index contributed by atoms with van der Waals surface area (Å²) in [6.07, 6.45) is 3.62. The van der Waals surface area contributed by atoms with Gasteiger partial charge in [-0.25, -0.2) is 0 Å². The summed E-state index contributed by atoms with van der Waals surface area (Å²) in [5.41, 5.74) is 1.23. The zero-order valence-electron chi connectivity index (χ0n) is 12.7. The van der Waals surface area contributed by atoms with Crippen LogP contribution in [-0.4, -0.2) is 24.7 Å². The zero-order chi connectivity index (χ0) is 15.4. The number of carbonyl (C=O) groups is 1. The van der Waals surface area contributed by atoms with Crippen LogP contribution in [0.2, 0.25) is 0 Å². The van der Waals surface area contributed by atoms with Gasteiger partial charge < -0.3 is 14.2 Å². The fraction of sp³-hybridized carbons (Fsp3) is 0.412. The second-order valence-electron chi connectivity index (χ2n) is 5.66. The Morgan fingerprint density at radius 1 is 1.36 bits per heavy atom. The molecule has 1 saturated carbocycles. The van der Waals surface area contributed by atoms with Gasteiger partial charge in [0.1, 0.15) is 6.61 Å². The van der Waals surface area contributed by atoms with Gasteiger partial charge in [0.25, 0.3) is 5.91 Å². The van der Waals surface area contributed by atoms with E-state index < -0.39 is 0 Å². The van der Waals surface area contributed by atoms with Crippen molar-refractivity contribution in [2.24, 2.45) is 5.92 Å². The Hall–Kier alpha value is -2.14. The summed E-state index contributed by atoms with van der Waals surface area (Å²) in [6, 6.07) is 11.4. The lowest BCUT2D eigenvalue weighted by Crippen LogP contribution is -2.37. The summed E-state index contributed by atoms with van der Waals surface area (Å²) in [5, 5.41) is 3.89. The molecule has 5 heteroatoms. The third-order valence-corrected chi connectivity index (χ3v) is 4.04. The molecule has 0 saturated heterocycles. The Morgan fingerprint density at radius 2 is 2.14 bits per heavy atom. The number of anilines is 1. The molecule has 0 radical (unpaired) electrons. The Balaban J connectivity index is 1.81. The van der Waals surface area contributed by atoms with Crippen LogP contribution in [0.25, 0.3) is 0 Å². The topological polar surface area (TPSA) is 55.6 Å². The first-order valence-corrected chi connectivity index (χ1v) is 7.59. The monoisotopic (exact) mass is 300 g/mol. The van der Waals surface area contributed by atoms with Gasteiger partial charge in [0.2, 0.25) is 0 Å². The van der Waals surface area contributed by atoms with Crippen LogP contribution in [0.4, 0.5) is 5.69 Å². The first kappa shape index (κ1) is 14.8. The van der Waals surface area contributed by atoms with Crippen molar-refractivity contribution in [1.82, 2.24) is 5.16 Å². The minimum Gasteiger partial charge on any atom is -0.377 e. The summed E-state index contributed by atoms with van der Waals surface area (Å²) < 4.78 is 10.1. The van der Waals surface area contributed by atoms with Crippen LogP contribution in [-0.2, 0) is 11.3 Å². The first-order chi connectivity index (χ1) is 10.8. The molecule has 116 valence electrons. The molecule has 1 amide bonds. The maximum absolute atomic E-state index is 12.8. The zero-order valence-corrected chi connectivity index (χ0v) is 12.7. The van der Waals surface area contributed by atoms with Crippen LogP contribution in [0.15, 0.2) is 40.9 Å². The van der Waals surface area contributed by atoms with Crippen molar-refractivity contribution in [2.45, 2.75) is 25.9 Å². The van der Waals surface area contributed by atoms with Crippen LogP contribution in [0.3, 0.4) is 0 Å². The average Bonchev–Trinajstić information content (AvgIpc) is 2.96. The quantitative estimate of drug-likeness (QED) is 0.821. The van der Waals surface area contributed by atoms with Crippen LogP contribution in [0, 0.1) is 5.92 Å². The first-order valence-electron chi connectivity index (χ1n) is 7.59. The maximum atomic E-state index is 12.8. The summed E-state index contributed by atoms with van der Waals surface area (Å²) in [5.74, 6) is 1.02. The average molecular weight is 300 g/mol.